The molecule has 25 heavy (non-hydrogen) atoms. The average Bonchev–Trinajstić information content (AvgIpc) is 2.97. The van der Waals surface area contributed by atoms with Crippen molar-refractivity contribution in [2.75, 3.05) is 31.1 Å². The molecule has 134 valence electrons. The van der Waals surface area contributed by atoms with E-state index in [9.17, 15) is 14.4 Å². The van der Waals surface area contributed by atoms with Gasteiger partial charge in [-0.3, -0.25) is 14.4 Å². The van der Waals surface area contributed by atoms with E-state index in [0.29, 0.717) is 37.6 Å². The van der Waals surface area contributed by atoms with E-state index in [1.807, 2.05) is 12.1 Å². The number of Topliss-reactive ketones (excluding diaryl/α,β-unsaturated/α-hetero) is 1. The summed E-state index contributed by atoms with van der Waals surface area (Å²) < 4.78 is 0. The second-order valence-electron chi connectivity index (χ2n) is 6.63. The molecule has 1 saturated heterocycles. The molecule has 2 fully saturated rings. The van der Waals surface area contributed by atoms with Crippen molar-refractivity contribution in [2.24, 2.45) is 5.92 Å². The van der Waals surface area contributed by atoms with E-state index < -0.39 is 11.2 Å². The first-order chi connectivity index (χ1) is 11.9. The third-order valence-corrected chi connectivity index (χ3v) is 5.73. The summed E-state index contributed by atoms with van der Waals surface area (Å²) in [5.74, 6) is -0.675. The highest BCUT2D eigenvalue weighted by atomic mass is 35.5. The van der Waals surface area contributed by atoms with Gasteiger partial charge in [0.1, 0.15) is 5.78 Å². The molecule has 1 aromatic carbocycles. The van der Waals surface area contributed by atoms with Crippen LogP contribution in [0.1, 0.15) is 31.2 Å². The zero-order valence-corrected chi connectivity index (χ0v) is 15.5. The van der Waals surface area contributed by atoms with E-state index in [1.54, 1.807) is 17.9 Å². The van der Waals surface area contributed by atoms with Gasteiger partial charge >= 0.3 is 0 Å². The maximum Gasteiger partial charge on any atom is 0.225 e. The van der Waals surface area contributed by atoms with Gasteiger partial charge in [0.25, 0.3) is 0 Å². The summed E-state index contributed by atoms with van der Waals surface area (Å²) in [6, 6.07) is 5.54. The Hall–Kier alpha value is -1.59. The zero-order chi connectivity index (χ0) is 18.1. The fourth-order valence-electron chi connectivity index (χ4n) is 3.75. The van der Waals surface area contributed by atoms with Crippen molar-refractivity contribution in [2.45, 2.75) is 25.7 Å². The second-order valence-corrected chi connectivity index (χ2v) is 7.41. The number of benzene rings is 1. The molecular weight excluding hydrogens is 363 g/mol. The molecule has 1 heterocycles. The lowest BCUT2D eigenvalue weighted by atomic mass is 9.93. The van der Waals surface area contributed by atoms with Crippen molar-refractivity contribution in [3.8, 4) is 0 Å². The average molecular weight is 383 g/mol. The minimum absolute atomic E-state index is 0.0323. The normalized spacial score (nSPS) is 23.9. The highest BCUT2D eigenvalue weighted by Crippen LogP contribution is 2.43. The molecule has 1 aliphatic carbocycles. The van der Waals surface area contributed by atoms with Crippen LogP contribution < -0.4 is 4.90 Å². The summed E-state index contributed by atoms with van der Waals surface area (Å²) in [4.78, 5) is 39.4. The Labute approximate surface area is 156 Å². The number of carbonyl (C=O) groups is 3. The van der Waals surface area contributed by atoms with Crippen LogP contribution in [0.3, 0.4) is 0 Å². The lowest BCUT2D eigenvalue weighted by molar-refractivity contribution is -0.129. The highest BCUT2D eigenvalue weighted by molar-refractivity contribution is 6.64. The molecular formula is C18H20Cl2N2O3. The van der Waals surface area contributed by atoms with E-state index in [-0.39, 0.29) is 24.0 Å². The lowest BCUT2D eigenvalue weighted by Crippen LogP contribution is -2.48. The van der Waals surface area contributed by atoms with Crippen molar-refractivity contribution >= 4 is 45.8 Å². The van der Waals surface area contributed by atoms with Gasteiger partial charge in [-0.25, -0.2) is 0 Å². The molecule has 1 amide bonds. The van der Waals surface area contributed by atoms with E-state index in [2.05, 4.69) is 4.90 Å². The predicted octanol–water partition coefficient (Wildman–Crippen LogP) is 2.84. The topological polar surface area (TPSA) is 57.7 Å². The molecule has 0 radical (unpaired) electrons. The third kappa shape index (κ3) is 3.67. The monoisotopic (exact) mass is 382 g/mol. The Balaban J connectivity index is 1.87. The van der Waals surface area contributed by atoms with E-state index >= 15 is 0 Å². The van der Waals surface area contributed by atoms with Crippen LogP contribution in [0.2, 0.25) is 5.02 Å². The molecule has 7 heteroatoms. The predicted molar refractivity (Wildman–Crippen MR) is 97.3 cm³/mol. The minimum atomic E-state index is -0.450. The summed E-state index contributed by atoms with van der Waals surface area (Å²) in [6.45, 7) is 4.14. The Morgan fingerprint density at radius 3 is 2.40 bits per heavy atom. The number of anilines is 1. The quantitative estimate of drug-likeness (QED) is 0.754. The van der Waals surface area contributed by atoms with Crippen molar-refractivity contribution < 1.29 is 14.4 Å². The smallest absolute Gasteiger partial charge is 0.225 e. The van der Waals surface area contributed by atoms with Gasteiger partial charge in [-0.15, -0.1) is 0 Å². The molecule has 3 rings (SSSR count). The summed E-state index contributed by atoms with van der Waals surface area (Å²) in [5.41, 5.74) is 1.70. The minimum Gasteiger partial charge on any atom is -0.367 e. The molecule has 0 unspecified atom stereocenters. The van der Waals surface area contributed by atoms with E-state index in [1.165, 1.54) is 0 Å². The summed E-state index contributed by atoms with van der Waals surface area (Å²) in [7, 11) is 0. The SMILES string of the molecule is CC(=O)N1CCN(c2c(Cl)cccc2[C@H]2C[C@H](C(=O)Cl)CC2=O)CC1. The van der Waals surface area contributed by atoms with Gasteiger partial charge in [-0.2, -0.15) is 0 Å². The summed E-state index contributed by atoms with van der Waals surface area (Å²) >= 11 is 12.1. The molecule has 2 aliphatic rings. The number of ketones is 1. The first-order valence-electron chi connectivity index (χ1n) is 8.39. The first kappa shape index (κ1) is 18.2. The third-order valence-electron chi connectivity index (χ3n) is 5.11. The van der Waals surface area contributed by atoms with Gasteiger partial charge in [0.2, 0.25) is 11.1 Å². The van der Waals surface area contributed by atoms with Gasteiger partial charge in [0.15, 0.2) is 0 Å². The molecule has 1 saturated carbocycles. The van der Waals surface area contributed by atoms with Crippen molar-refractivity contribution in [3.63, 3.8) is 0 Å². The Kier molecular flexibility index (Phi) is 5.35. The molecule has 2 atom stereocenters. The zero-order valence-electron chi connectivity index (χ0n) is 14.0. The van der Waals surface area contributed by atoms with Gasteiger partial charge < -0.3 is 9.80 Å². The highest BCUT2D eigenvalue weighted by Gasteiger charge is 2.39. The molecule has 0 bridgehead atoms. The van der Waals surface area contributed by atoms with Crippen molar-refractivity contribution in [1.82, 2.24) is 4.90 Å². The number of hydrogen-bond donors (Lipinski definition) is 0. The van der Waals surface area contributed by atoms with E-state index in [4.69, 9.17) is 23.2 Å². The van der Waals surface area contributed by atoms with Gasteiger partial charge in [0, 0.05) is 51.4 Å². The summed E-state index contributed by atoms with van der Waals surface area (Å²) in [5, 5.41) is 0.136. The molecule has 0 N–H and O–H groups in total. The van der Waals surface area contributed by atoms with Crippen LogP contribution in [0.5, 0.6) is 0 Å². The van der Waals surface area contributed by atoms with Gasteiger partial charge in [-0.1, -0.05) is 23.7 Å². The lowest BCUT2D eigenvalue weighted by Gasteiger charge is -2.37. The fourth-order valence-corrected chi connectivity index (χ4v) is 4.22. The molecule has 5 nitrogen and oxygen atoms in total. The Morgan fingerprint density at radius 1 is 1.16 bits per heavy atom. The van der Waals surface area contributed by atoms with Crippen molar-refractivity contribution in [3.05, 3.63) is 28.8 Å². The van der Waals surface area contributed by atoms with Crippen molar-refractivity contribution in [1.29, 1.82) is 0 Å². The first-order valence-corrected chi connectivity index (χ1v) is 9.15. The standard InChI is InChI=1S/C18H20Cl2N2O3/c1-11(23)21-5-7-22(8-6-21)17-13(3-2-4-15(17)19)14-9-12(18(20)25)10-16(14)24/h2-4,12,14H,5-10H2,1H3/t12-,14+/m0/s1. The molecule has 0 spiro atoms. The number of rotatable bonds is 3. The van der Waals surface area contributed by atoms with Gasteiger partial charge in [0.05, 0.1) is 10.7 Å². The van der Waals surface area contributed by atoms with Crippen LogP contribution in [0.4, 0.5) is 5.69 Å². The number of nitrogens with zero attached hydrogens (tertiary/aromatic N) is 2. The Morgan fingerprint density at radius 2 is 1.84 bits per heavy atom. The molecule has 1 aromatic rings. The number of amides is 1. The van der Waals surface area contributed by atoms with Gasteiger partial charge in [-0.05, 0) is 29.7 Å². The van der Waals surface area contributed by atoms with Crippen LogP contribution in [0, 0.1) is 5.92 Å². The van der Waals surface area contributed by atoms with Crippen LogP contribution in [-0.4, -0.2) is 48.0 Å². The number of hydrogen-bond acceptors (Lipinski definition) is 4. The number of piperazine rings is 1. The number of halogens is 2. The Bertz CT molecular complexity index is 714. The summed E-state index contributed by atoms with van der Waals surface area (Å²) in [6.07, 6.45) is 0.624. The second kappa shape index (κ2) is 7.34. The molecule has 0 aromatic heterocycles. The maximum absolute atomic E-state index is 12.5. The maximum atomic E-state index is 12.5. The number of carbonyl (C=O) groups excluding carboxylic acids is 3. The van der Waals surface area contributed by atoms with Crippen LogP contribution >= 0.6 is 23.2 Å². The molecule has 1 aliphatic heterocycles. The van der Waals surface area contributed by atoms with E-state index in [0.717, 1.165) is 11.3 Å². The van der Waals surface area contributed by atoms with Crippen LogP contribution in [0.25, 0.3) is 0 Å². The van der Waals surface area contributed by atoms with Crippen LogP contribution in [0.15, 0.2) is 18.2 Å². The largest absolute Gasteiger partial charge is 0.367 e. The van der Waals surface area contributed by atoms with Crippen LogP contribution in [-0.2, 0) is 14.4 Å². The fraction of sp³-hybridized carbons (Fsp3) is 0.500. The number of para-hydroxylation sites is 1.